The molecule has 20 heavy (non-hydrogen) atoms. The van der Waals surface area contributed by atoms with Crippen LogP contribution in [0.4, 0.5) is 5.69 Å². The van der Waals surface area contributed by atoms with Crippen molar-refractivity contribution in [3.63, 3.8) is 0 Å². The summed E-state index contributed by atoms with van der Waals surface area (Å²) in [4.78, 5) is 4.28. The van der Waals surface area contributed by atoms with Gasteiger partial charge in [-0.1, -0.05) is 29.4 Å². The van der Waals surface area contributed by atoms with Crippen LogP contribution in [-0.2, 0) is 6.61 Å². The van der Waals surface area contributed by atoms with Crippen molar-refractivity contribution in [3.05, 3.63) is 60.4 Å². The lowest BCUT2D eigenvalue weighted by atomic mass is 10.2. The van der Waals surface area contributed by atoms with Crippen LogP contribution in [0.2, 0.25) is 0 Å². The van der Waals surface area contributed by atoms with Crippen molar-refractivity contribution in [3.8, 4) is 17.2 Å². The van der Waals surface area contributed by atoms with Crippen LogP contribution in [0.5, 0.6) is 5.75 Å². The van der Waals surface area contributed by atoms with Crippen LogP contribution in [0.1, 0.15) is 5.82 Å². The third kappa shape index (κ3) is 2.77. The van der Waals surface area contributed by atoms with Crippen LogP contribution in [0.25, 0.3) is 11.5 Å². The third-order valence-corrected chi connectivity index (χ3v) is 2.71. The molecule has 100 valence electrons. The molecular formula is C15H13N3O2. The normalized spacial score (nSPS) is 10.4. The molecule has 1 heterocycles. The molecule has 0 saturated carbocycles. The quantitative estimate of drug-likeness (QED) is 0.736. The topological polar surface area (TPSA) is 74.2 Å². The molecule has 0 saturated heterocycles. The fourth-order valence-corrected chi connectivity index (χ4v) is 1.77. The molecule has 1 aromatic heterocycles. The van der Waals surface area contributed by atoms with E-state index in [1.807, 2.05) is 42.5 Å². The minimum atomic E-state index is 0.260. The molecule has 0 spiro atoms. The number of anilines is 1. The molecular weight excluding hydrogens is 254 g/mol. The molecule has 5 heteroatoms. The van der Waals surface area contributed by atoms with E-state index in [0.717, 1.165) is 11.3 Å². The van der Waals surface area contributed by atoms with E-state index in [1.54, 1.807) is 12.1 Å². The second kappa shape index (κ2) is 5.44. The Balaban J connectivity index is 1.71. The summed E-state index contributed by atoms with van der Waals surface area (Å²) in [6.07, 6.45) is 0. The molecule has 0 amide bonds. The average molecular weight is 267 g/mol. The van der Waals surface area contributed by atoms with E-state index in [0.29, 0.717) is 17.4 Å². The highest BCUT2D eigenvalue weighted by Crippen LogP contribution is 2.19. The number of nitrogens with zero attached hydrogens (tertiary/aromatic N) is 2. The maximum atomic E-state index is 5.72. The van der Waals surface area contributed by atoms with E-state index in [2.05, 4.69) is 10.1 Å². The van der Waals surface area contributed by atoms with Gasteiger partial charge in [-0.2, -0.15) is 4.98 Å². The van der Waals surface area contributed by atoms with Crippen LogP contribution in [0.3, 0.4) is 0 Å². The lowest BCUT2D eigenvalue weighted by molar-refractivity contribution is 0.287. The van der Waals surface area contributed by atoms with Gasteiger partial charge in [-0.05, 0) is 30.3 Å². The zero-order chi connectivity index (χ0) is 13.8. The van der Waals surface area contributed by atoms with E-state index in [4.69, 9.17) is 15.0 Å². The van der Waals surface area contributed by atoms with Crippen LogP contribution in [0.15, 0.2) is 59.1 Å². The number of ether oxygens (including phenoxy) is 1. The van der Waals surface area contributed by atoms with Crippen molar-refractivity contribution in [1.82, 2.24) is 10.1 Å². The maximum absolute atomic E-state index is 5.72. The highest BCUT2D eigenvalue weighted by Gasteiger charge is 2.09. The maximum Gasteiger partial charge on any atom is 0.258 e. The molecule has 0 bridgehead atoms. The summed E-state index contributed by atoms with van der Waals surface area (Å²) < 4.78 is 10.8. The van der Waals surface area contributed by atoms with Gasteiger partial charge < -0.3 is 15.0 Å². The van der Waals surface area contributed by atoms with Crippen molar-refractivity contribution in [2.75, 3.05) is 5.73 Å². The molecule has 0 aliphatic heterocycles. The van der Waals surface area contributed by atoms with E-state index >= 15 is 0 Å². The standard InChI is InChI=1S/C15H13N3O2/c16-12-6-4-5-11(9-12)15-17-14(18-20-15)10-19-13-7-2-1-3-8-13/h1-9H,10,16H2. The summed E-state index contributed by atoms with van der Waals surface area (Å²) >= 11 is 0. The molecule has 0 atom stereocenters. The van der Waals surface area contributed by atoms with Crippen LogP contribution >= 0.6 is 0 Å². The van der Waals surface area contributed by atoms with Gasteiger partial charge in [-0.25, -0.2) is 0 Å². The first-order chi connectivity index (χ1) is 9.81. The van der Waals surface area contributed by atoms with Gasteiger partial charge in [0.1, 0.15) is 5.75 Å². The molecule has 0 fully saturated rings. The Morgan fingerprint density at radius 3 is 2.70 bits per heavy atom. The molecule has 0 aliphatic carbocycles. The summed E-state index contributed by atoms with van der Waals surface area (Å²) in [5, 5.41) is 3.89. The number of aromatic nitrogens is 2. The largest absolute Gasteiger partial charge is 0.485 e. The van der Waals surface area contributed by atoms with Gasteiger partial charge in [0.15, 0.2) is 6.61 Å². The number of rotatable bonds is 4. The van der Waals surface area contributed by atoms with Gasteiger partial charge >= 0.3 is 0 Å². The van der Waals surface area contributed by atoms with E-state index in [9.17, 15) is 0 Å². The van der Waals surface area contributed by atoms with Gasteiger partial charge in [0.2, 0.25) is 5.82 Å². The molecule has 0 aliphatic rings. The van der Waals surface area contributed by atoms with E-state index < -0.39 is 0 Å². The zero-order valence-corrected chi connectivity index (χ0v) is 10.7. The molecule has 3 aromatic rings. The van der Waals surface area contributed by atoms with E-state index in [-0.39, 0.29) is 6.61 Å². The minimum absolute atomic E-state index is 0.260. The first-order valence-corrected chi connectivity index (χ1v) is 6.17. The smallest absolute Gasteiger partial charge is 0.258 e. The Labute approximate surface area is 116 Å². The molecule has 0 radical (unpaired) electrons. The minimum Gasteiger partial charge on any atom is -0.485 e. The van der Waals surface area contributed by atoms with Crippen molar-refractivity contribution in [2.24, 2.45) is 0 Å². The SMILES string of the molecule is Nc1cccc(-c2nc(COc3ccccc3)no2)c1. The summed E-state index contributed by atoms with van der Waals surface area (Å²) in [6.45, 7) is 0.260. The molecule has 2 N–H and O–H groups in total. The fourth-order valence-electron chi connectivity index (χ4n) is 1.77. The Hall–Kier alpha value is -2.82. The van der Waals surface area contributed by atoms with Crippen molar-refractivity contribution in [1.29, 1.82) is 0 Å². The van der Waals surface area contributed by atoms with Gasteiger partial charge in [-0.3, -0.25) is 0 Å². The Bertz CT molecular complexity index is 695. The molecule has 2 aromatic carbocycles. The van der Waals surface area contributed by atoms with Crippen LogP contribution in [-0.4, -0.2) is 10.1 Å². The molecule has 0 unspecified atom stereocenters. The Morgan fingerprint density at radius 2 is 1.90 bits per heavy atom. The predicted molar refractivity (Wildman–Crippen MR) is 74.9 cm³/mol. The number of hydrogen-bond donors (Lipinski definition) is 1. The first-order valence-electron chi connectivity index (χ1n) is 6.17. The second-order valence-corrected chi connectivity index (χ2v) is 4.24. The second-order valence-electron chi connectivity index (χ2n) is 4.24. The van der Waals surface area contributed by atoms with Gasteiger partial charge in [0.25, 0.3) is 5.89 Å². The number of nitrogen functional groups attached to an aromatic ring is 1. The van der Waals surface area contributed by atoms with Crippen molar-refractivity contribution in [2.45, 2.75) is 6.61 Å². The predicted octanol–water partition coefficient (Wildman–Crippen LogP) is 2.90. The molecule has 5 nitrogen and oxygen atoms in total. The fraction of sp³-hybridized carbons (Fsp3) is 0.0667. The summed E-state index contributed by atoms with van der Waals surface area (Å²) in [7, 11) is 0. The zero-order valence-electron chi connectivity index (χ0n) is 10.7. The summed E-state index contributed by atoms with van der Waals surface area (Å²) in [5.41, 5.74) is 7.17. The monoisotopic (exact) mass is 267 g/mol. The van der Waals surface area contributed by atoms with Crippen LogP contribution in [0, 0.1) is 0 Å². The Morgan fingerprint density at radius 1 is 1.05 bits per heavy atom. The number of benzene rings is 2. The number of hydrogen-bond acceptors (Lipinski definition) is 5. The lowest BCUT2D eigenvalue weighted by Gasteiger charge is -2.01. The van der Waals surface area contributed by atoms with Gasteiger partial charge in [-0.15, -0.1) is 0 Å². The van der Waals surface area contributed by atoms with E-state index in [1.165, 1.54) is 0 Å². The molecule has 3 rings (SSSR count). The highest BCUT2D eigenvalue weighted by molar-refractivity contribution is 5.59. The third-order valence-electron chi connectivity index (χ3n) is 2.71. The van der Waals surface area contributed by atoms with Crippen molar-refractivity contribution < 1.29 is 9.26 Å². The van der Waals surface area contributed by atoms with Gasteiger partial charge in [0.05, 0.1) is 0 Å². The number of nitrogens with two attached hydrogens (primary N) is 1. The Kier molecular flexibility index (Phi) is 3.33. The van der Waals surface area contributed by atoms with Crippen LogP contribution < -0.4 is 10.5 Å². The first kappa shape index (κ1) is 12.2. The average Bonchev–Trinajstić information content (AvgIpc) is 2.95. The van der Waals surface area contributed by atoms with Gasteiger partial charge in [0, 0.05) is 11.3 Å². The number of para-hydroxylation sites is 1. The van der Waals surface area contributed by atoms with Crippen molar-refractivity contribution >= 4 is 5.69 Å². The summed E-state index contributed by atoms with van der Waals surface area (Å²) in [6, 6.07) is 16.8. The highest BCUT2D eigenvalue weighted by atomic mass is 16.5. The lowest BCUT2D eigenvalue weighted by Crippen LogP contribution is -1.97. The summed E-state index contributed by atoms with van der Waals surface area (Å²) in [5.74, 6) is 1.69.